The first-order valence-corrected chi connectivity index (χ1v) is 8.39. The summed E-state index contributed by atoms with van der Waals surface area (Å²) in [6.45, 7) is 13.0. The van der Waals surface area contributed by atoms with Gasteiger partial charge in [0.05, 0.1) is 0 Å². The van der Waals surface area contributed by atoms with Crippen LogP contribution in [0.25, 0.3) is 0 Å². The molecular formula is C14H30N2S. The molecule has 0 amide bonds. The highest BCUT2D eigenvalue weighted by atomic mass is 32.2. The summed E-state index contributed by atoms with van der Waals surface area (Å²) < 4.78 is 0. The van der Waals surface area contributed by atoms with Gasteiger partial charge in [0.2, 0.25) is 0 Å². The first kappa shape index (κ1) is 15.3. The minimum atomic E-state index is 0.724. The van der Waals surface area contributed by atoms with E-state index in [-0.39, 0.29) is 0 Å². The molecule has 1 heterocycles. The summed E-state index contributed by atoms with van der Waals surface area (Å²) in [4.78, 5) is 2.69. The molecular weight excluding hydrogens is 228 g/mol. The Morgan fingerprint density at radius 2 is 2.12 bits per heavy atom. The molecule has 4 atom stereocenters. The van der Waals surface area contributed by atoms with E-state index in [0.29, 0.717) is 0 Å². The van der Waals surface area contributed by atoms with Crippen molar-refractivity contribution in [2.24, 2.45) is 5.92 Å². The van der Waals surface area contributed by atoms with Gasteiger partial charge in [-0.3, -0.25) is 0 Å². The highest BCUT2D eigenvalue weighted by Crippen LogP contribution is 2.24. The number of rotatable bonds is 6. The van der Waals surface area contributed by atoms with Gasteiger partial charge in [0, 0.05) is 17.3 Å². The molecule has 1 saturated heterocycles. The van der Waals surface area contributed by atoms with Crippen LogP contribution >= 0.6 is 11.8 Å². The lowest BCUT2D eigenvalue weighted by atomic mass is 9.87. The number of nitrogens with zero attached hydrogens (tertiary/aromatic N) is 1. The Hall–Kier alpha value is 0.270. The summed E-state index contributed by atoms with van der Waals surface area (Å²) in [5.41, 5.74) is 0. The van der Waals surface area contributed by atoms with Crippen molar-refractivity contribution in [2.75, 3.05) is 25.9 Å². The molecule has 3 heteroatoms. The normalized spacial score (nSPS) is 32.6. The maximum atomic E-state index is 3.63. The molecule has 17 heavy (non-hydrogen) atoms. The first-order valence-electron chi connectivity index (χ1n) is 7.10. The van der Waals surface area contributed by atoms with Crippen LogP contribution in [-0.2, 0) is 0 Å². The maximum absolute atomic E-state index is 3.63. The molecule has 1 aliphatic heterocycles. The Morgan fingerprint density at radius 3 is 2.71 bits per heavy atom. The minimum absolute atomic E-state index is 0.724. The van der Waals surface area contributed by atoms with E-state index in [4.69, 9.17) is 0 Å². The Bertz CT molecular complexity index is 210. The second-order valence-electron chi connectivity index (χ2n) is 5.42. The van der Waals surface area contributed by atoms with Crippen LogP contribution in [0.3, 0.4) is 0 Å². The molecule has 0 spiro atoms. The molecule has 1 fully saturated rings. The Labute approximate surface area is 112 Å². The van der Waals surface area contributed by atoms with E-state index in [2.05, 4.69) is 44.2 Å². The molecule has 102 valence electrons. The van der Waals surface area contributed by atoms with Crippen LogP contribution in [-0.4, -0.2) is 48.1 Å². The van der Waals surface area contributed by atoms with Gasteiger partial charge < -0.3 is 10.2 Å². The van der Waals surface area contributed by atoms with Gasteiger partial charge in [-0.15, -0.1) is 0 Å². The molecule has 1 rings (SSSR count). The quantitative estimate of drug-likeness (QED) is 0.789. The Kier molecular flexibility index (Phi) is 6.90. The van der Waals surface area contributed by atoms with Crippen molar-refractivity contribution in [1.29, 1.82) is 0 Å². The van der Waals surface area contributed by atoms with Gasteiger partial charge in [0.1, 0.15) is 0 Å². The summed E-state index contributed by atoms with van der Waals surface area (Å²) in [5.74, 6) is 0.772. The molecule has 0 radical (unpaired) electrons. The fourth-order valence-electron chi connectivity index (χ4n) is 2.77. The number of hydrogen-bond acceptors (Lipinski definition) is 3. The van der Waals surface area contributed by atoms with Crippen LogP contribution in [0.1, 0.15) is 40.5 Å². The second-order valence-corrected chi connectivity index (χ2v) is 6.70. The van der Waals surface area contributed by atoms with Gasteiger partial charge in [-0.2, -0.15) is 11.8 Å². The number of likely N-dealkylation sites (tertiary alicyclic amines) is 1. The molecule has 1 aliphatic rings. The summed E-state index contributed by atoms with van der Waals surface area (Å²) in [5, 5.41) is 4.43. The van der Waals surface area contributed by atoms with Crippen LogP contribution < -0.4 is 5.32 Å². The van der Waals surface area contributed by atoms with Crippen molar-refractivity contribution in [2.45, 2.75) is 57.9 Å². The summed E-state index contributed by atoms with van der Waals surface area (Å²) >= 11 is 1.99. The number of piperidine rings is 1. The topological polar surface area (TPSA) is 15.3 Å². The van der Waals surface area contributed by atoms with E-state index < -0.39 is 0 Å². The van der Waals surface area contributed by atoms with Crippen molar-refractivity contribution >= 4 is 11.8 Å². The molecule has 4 unspecified atom stereocenters. The second kappa shape index (κ2) is 7.65. The van der Waals surface area contributed by atoms with Crippen molar-refractivity contribution in [3.05, 3.63) is 0 Å². The van der Waals surface area contributed by atoms with E-state index in [1.54, 1.807) is 0 Å². The molecule has 0 aromatic carbocycles. The molecule has 0 aliphatic carbocycles. The maximum Gasteiger partial charge on any atom is 0.0120 e. The third-order valence-electron chi connectivity index (χ3n) is 4.39. The zero-order chi connectivity index (χ0) is 12.8. The zero-order valence-corrected chi connectivity index (χ0v) is 13.0. The lowest BCUT2D eigenvalue weighted by molar-refractivity contribution is 0.0847. The lowest BCUT2D eigenvalue weighted by Gasteiger charge is -2.43. The molecule has 0 aromatic rings. The van der Waals surface area contributed by atoms with E-state index in [0.717, 1.165) is 29.8 Å². The summed E-state index contributed by atoms with van der Waals surface area (Å²) in [6.07, 6.45) is 4.85. The van der Waals surface area contributed by atoms with E-state index in [9.17, 15) is 0 Å². The number of hydrogen-bond donors (Lipinski definition) is 1. The Morgan fingerprint density at radius 1 is 1.41 bits per heavy atom. The third-order valence-corrected chi connectivity index (χ3v) is 5.43. The minimum Gasteiger partial charge on any atom is -0.314 e. The summed E-state index contributed by atoms with van der Waals surface area (Å²) in [7, 11) is 0. The first-order chi connectivity index (χ1) is 8.10. The van der Waals surface area contributed by atoms with Gasteiger partial charge in [0.15, 0.2) is 0 Å². The number of nitrogens with one attached hydrogen (secondary N) is 1. The largest absolute Gasteiger partial charge is 0.314 e. The van der Waals surface area contributed by atoms with Crippen molar-refractivity contribution in [3.8, 4) is 0 Å². The van der Waals surface area contributed by atoms with Crippen molar-refractivity contribution in [3.63, 3.8) is 0 Å². The Balaban J connectivity index is 2.39. The molecule has 0 saturated carbocycles. The number of thioether (sulfide) groups is 1. The van der Waals surface area contributed by atoms with Gasteiger partial charge in [-0.25, -0.2) is 0 Å². The average molecular weight is 258 g/mol. The van der Waals surface area contributed by atoms with Crippen LogP contribution in [0.4, 0.5) is 0 Å². The highest BCUT2D eigenvalue weighted by molar-refractivity contribution is 7.99. The standard InChI is InChI=1S/C14H30N2S/c1-6-15-14-8-10-16(13(4)12(14)3)9-7-11(2)17-5/h11-15H,6-10H2,1-5H3. The summed E-state index contributed by atoms with van der Waals surface area (Å²) in [6, 6.07) is 1.45. The van der Waals surface area contributed by atoms with Crippen molar-refractivity contribution in [1.82, 2.24) is 10.2 Å². The zero-order valence-electron chi connectivity index (χ0n) is 12.2. The van der Waals surface area contributed by atoms with Gasteiger partial charge in [0.25, 0.3) is 0 Å². The van der Waals surface area contributed by atoms with E-state index in [1.807, 2.05) is 11.8 Å². The molecule has 0 bridgehead atoms. The smallest absolute Gasteiger partial charge is 0.0120 e. The van der Waals surface area contributed by atoms with E-state index in [1.165, 1.54) is 25.9 Å². The fourth-order valence-corrected chi connectivity index (χ4v) is 3.11. The lowest BCUT2D eigenvalue weighted by Crippen LogP contribution is -2.53. The average Bonchev–Trinajstić information content (AvgIpc) is 2.34. The van der Waals surface area contributed by atoms with Gasteiger partial charge >= 0.3 is 0 Å². The predicted molar refractivity (Wildman–Crippen MR) is 79.9 cm³/mol. The highest BCUT2D eigenvalue weighted by Gasteiger charge is 2.31. The fraction of sp³-hybridized carbons (Fsp3) is 1.00. The SMILES string of the molecule is CCNC1CCN(CCC(C)SC)C(C)C1C. The van der Waals surface area contributed by atoms with Crippen LogP contribution in [0, 0.1) is 5.92 Å². The molecule has 0 aromatic heterocycles. The molecule has 2 nitrogen and oxygen atoms in total. The van der Waals surface area contributed by atoms with E-state index >= 15 is 0 Å². The van der Waals surface area contributed by atoms with Gasteiger partial charge in [-0.1, -0.05) is 20.8 Å². The predicted octanol–water partition coefficient (Wildman–Crippen LogP) is 2.84. The van der Waals surface area contributed by atoms with Crippen molar-refractivity contribution < 1.29 is 0 Å². The van der Waals surface area contributed by atoms with Crippen LogP contribution in [0.15, 0.2) is 0 Å². The van der Waals surface area contributed by atoms with Crippen LogP contribution in [0.2, 0.25) is 0 Å². The van der Waals surface area contributed by atoms with Crippen LogP contribution in [0.5, 0.6) is 0 Å². The third kappa shape index (κ3) is 4.46. The molecule has 1 N–H and O–H groups in total. The van der Waals surface area contributed by atoms with Gasteiger partial charge in [-0.05, 0) is 51.6 Å². The monoisotopic (exact) mass is 258 g/mol.